The number of ether oxygens (including phenoxy) is 1. The molecule has 200 valence electrons. The maximum Gasteiger partial charge on any atom is 0.283 e. The maximum absolute atomic E-state index is 15.5. The van der Waals surface area contributed by atoms with E-state index in [4.69, 9.17) is 9.84 Å². The lowest BCUT2D eigenvalue weighted by molar-refractivity contribution is -0.0792. The predicted octanol–water partition coefficient (Wildman–Crippen LogP) is 4.58. The predicted molar refractivity (Wildman–Crippen MR) is 125 cm³/mol. The fourth-order valence-corrected chi connectivity index (χ4v) is 5.30. The minimum Gasteiger partial charge on any atom is -0.488 e. The highest BCUT2D eigenvalue weighted by Gasteiger charge is 2.41. The van der Waals surface area contributed by atoms with Gasteiger partial charge >= 0.3 is 0 Å². The summed E-state index contributed by atoms with van der Waals surface area (Å²) in [6, 6.07) is 4.84. The van der Waals surface area contributed by atoms with E-state index in [0.29, 0.717) is 48.2 Å². The van der Waals surface area contributed by atoms with Crippen LogP contribution in [0.25, 0.3) is 10.9 Å². The molecule has 0 bridgehead atoms. The number of halogens is 6. The third kappa shape index (κ3) is 5.17. The van der Waals surface area contributed by atoms with Crippen molar-refractivity contribution in [2.24, 2.45) is 0 Å². The standard InChI is InChI=1S/C26H27F6N3O2/c27-5-1-6-34-11-17(12-34)37-16-9-20(29)23(21(30)10-16)25-24-18(4-7-35(25)13-26(31,32)14-36)19-8-15(28)2-3-22(19)33-24/h2-3,8-10,17,25,33,36H,1,4-7,11-14H2/t25-/m0/s1. The molecule has 3 aromatic rings. The number of hydrogen-bond acceptors (Lipinski definition) is 4. The summed E-state index contributed by atoms with van der Waals surface area (Å²) < 4.78 is 91.4. The highest BCUT2D eigenvalue weighted by molar-refractivity contribution is 5.85. The Balaban J connectivity index is 1.48. The van der Waals surface area contributed by atoms with Crippen LogP contribution in [-0.2, 0) is 6.42 Å². The Bertz CT molecular complexity index is 1250. The SMILES string of the molecule is OCC(F)(F)CN1CCc2c([nH]c3ccc(F)cc23)[C@@H]1c1c(F)cc(OC2CN(CCCF)C2)cc1F. The number of alkyl halides is 3. The van der Waals surface area contributed by atoms with Crippen LogP contribution in [0.4, 0.5) is 26.3 Å². The van der Waals surface area contributed by atoms with E-state index in [9.17, 15) is 17.6 Å². The first-order valence-corrected chi connectivity index (χ1v) is 12.2. The summed E-state index contributed by atoms with van der Waals surface area (Å²) in [6.07, 6.45) is 0.358. The molecule has 5 rings (SSSR count). The second kappa shape index (κ2) is 10.2. The quantitative estimate of drug-likeness (QED) is 0.400. The van der Waals surface area contributed by atoms with Gasteiger partial charge in [0, 0.05) is 60.5 Å². The normalized spacial score (nSPS) is 19.3. The average Bonchev–Trinajstić information content (AvgIpc) is 3.18. The molecule has 0 amide bonds. The van der Waals surface area contributed by atoms with E-state index in [-0.39, 0.29) is 24.8 Å². The number of fused-ring (bicyclic) bond motifs is 3. The second-order valence-electron chi connectivity index (χ2n) is 9.69. The van der Waals surface area contributed by atoms with Crippen molar-refractivity contribution in [3.63, 3.8) is 0 Å². The number of aromatic nitrogens is 1. The van der Waals surface area contributed by atoms with Crippen LogP contribution in [0.3, 0.4) is 0 Å². The highest BCUT2D eigenvalue weighted by atomic mass is 19.3. The van der Waals surface area contributed by atoms with E-state index in [2.05, 4.69) is 4.98 Å². The molecule has 0 spiro atoms. The number of nitrogens with one attached hydrogen (secondary N) is 1. The number of benzene rings is 2. The van der Waals surface area contributed by atoms with Gasteiger partial charge in [-0.2, -0.15) is 0 Å². The zero-order chi connectivity index (χ0) is 26.3. The minimum atomic E-state index is -3.50. The zero-order valence-corrected chi connectivity index (χ0v) is 19.9. The third-order valence-electron chi connectivity index (χ3n) is 7.01. The molecule has 1 fully saturated rings. The monoisotopic (exact) mass is 527 g/mol. The summed E-state index contributed by atoms with van der Waals surface area (Å²) in [6.45, 7) is -1.16. The van der Waals surface area contributed by atoms with Gasteiger partial charge in [-0.25, -0.2) is 22.0 Å². The Morgan fingerprint density at radius 2 is 1.81 bits per heavy atom. The number of aliphatic hydroxyl groups is 1. The van der Waals surface area contributed by atoms with Crippen molar-refractivity contribution in [1.82, 2.24) is 14.8 Å². The lowest BCUT2D eigenvalue weighted by atomic mass is 9.91. The van der Waals surface area contributed by atoms with Gasteiger partial charge in [0.05, 0.1) is 19.3 Å². The molecule has 2 N–H and O–H groups in total. The summed E-state index contributed by atoms with van der Waals surface area (Å²) in [5, 5.41) is 9.66. The highest BCUT2D eigenvalue weighted by Crippen LogP contribution is 2.42. The molecule has 2 aliphatic rings. The Morgan fingerprint density at radius 1 is 1.08 bits per heavy atom. The van der Waals surface area contributed by atoms with Crippen LogP contribution in [-0.4, -0.2) is 77.9 Å². The van der Waals surface area contributed by atoms with Crippen LogP contribution >= 0.6 is 0 Å². The van der Waals surface area contributed by atoms with Crippen LogP contribution < -0.4 is 4.74 Å². The Labute approximate surface area is 209 Å². The van der Waals surface area contributed by atoms with Crippen LogP contribution in [0.2, 0.25) is 0 Å². The third-order valence-corrected chi connectivity index (χ3v) is 7.01. The van der Waals surface area contributed by atoms with Gasteiger partial charge in [0.2, 0.25) is 0 Å². The lowest BCUT2D eigenvalue weighted by Gasteiger charge is -2.39. The van der Waals surface area contributed by atoms with E-state index < -0.39 is 54.8 Å². The van der Waals surface area contributed by atoms with E-state index in [1.165, 1.54) is 23.1 Å². The number of aliphatic hydroxyl groups excluding tert-OH is 1. The molecule has 0 unspecified atom stereocenters. The first-order chi connectivity index (χ1) is 17.7. The Morgan fingerprint density at radius 3 is 2.49 bits per heavy atom. The van der Waals surface area contributed by atoms with Gasteiger partial charge in [0.15, 0.2) is 0 Å². The Hall–Kier alpha value is -2.76. The van der Waals surface area contributed by atoms with Crippen LogP contribution in [0, 0.1) is 17.5 Å². The molecule has 0 radical (unpaired) electrons. The van der Waals surface area contributed by atoms with Crippen molar-refractivity contribution in [1.29, 1.82) is 0 Å². The summed E-state index contributed by atoms with van der Waals surface area (Å²) in [5.41, 5.74) is 0.988. The van der Waals surface area contributed by atoms with E-state index in [1.807, 2.05) is 4.90 Å². The van der Waals surface area contributed by atoms with Crippen LogP contribution in [0.1, 0.15) is 29.3 Å². The Kier molecular flexibility index (Phi) is 7.12. The molecule has 2 aromatic carbocycles. The molecule has 0 aliphatic carbocycles. The van der Waals surface area contributed by atoms with Gasteiger partial charge in [-0.15, -0.1) is 0 Å². The van der Waals surface area contributed by atoms with Crippen LogP contribution in [0.15, 0.2) is 30.3 Å². The number of aromatic amines is 1. The number of rotatable bonds is 9. The lowest BCUT2D eigenvalue weighted by Crippen LogP contribution is -2.53. The second-order valence-corrected chi connectivity index (χ2v) is 9.69. The largest absolute Gasteiger partial charge is 0.488 e. The van der Waals surface area contributed by atoms with Crippen LogP contribution in [0.5, 0.6) is 5.75 Å². The number of likely N-dealkylation sites (tertiary alicyclic amines) is 1. The summed E-state index contributed by atoms with van der Waals surface area (Å²) >= 11 is 0. The smallest absolute Gasteiger partial charge is 0.283 e. The molecule has 0 saturated carbocycles. The summed E-state index contributed by atoms with van der Waals surface area (Å²) in [4.78, 5) is 6.24. The van der Waals surface area contributed by atoms with E-state index in [0.717, 1.165) is 12.1 Å². The number of nitrogens with zero attached hydrogens (tertiary/aromatic N) is 2. The van der Waals surface area contributed by atoms with Gasteiger partial charge in [0.25, 0.3) is 5.92 Å². The fraction of sp³-hybridized carbons (Fsp3) is 0.462. The van der Waals surface area contributed by atoms with E-state index in [1.54, 1.807) is 0 Å². The van der Waals surface area contributed by atoms with Gasteiger partial charge in [0.1, 0.15) is 35.9 Å². The van der Waals surface area contributed by atoms with Crippen molar-refractivity contribution < 1.29 is 36.2 Å². The van der Waals surface area contributed by atoms with Gasteiger partial charge in [-0.1, -0.05) is 0 Å². The first-order valence-electron chi connectivity index (χ1n) is 12.2. The molecule has 37 heavy (non-hydrogen) atoms. The fourth-order valence-electron chi connectivity index (χ4n) is 5.30. The average molecular weight is 528 g/mol. The molecule has 11 heteroatoms. The summed E-state index contributed by atoms with van der Waals surface area (Å²) in [5.74, 6) is -5.96. The van der Waals surface area contributed by atoms with Gasteiger partial charge in [-0.05, 0) is 36.6 Å². The summed E-state index contributed by atoms with van der Waals surface area (Å²) in [7, 11) is 0. The molecular weight excluding hydrogens is 500 g/mol. The molecule has 3 heterocycles. The van der Waals surface area contributed by atoms with Crippen molar-refractivity contribution in [2.45, 2.75) is 30.9 Å². The molecule has 1 atom stereocenters. The van der Waals surface area contributed by atoms with Gasteiger partial charge < -0.3 is 14.8 Å². The number of H-pyrrole nitrogens is 1. The van der Waals surface area contributed by atoms with Crippen molar-refractivity contribution >= 4 is 10.9 Å². The van der Waals surface area contributed by atoms with E-state index >= 15 is 8.78 Å². The molecule has 1 aromatic heterocycles. The molecule has 5 nitrogen and oxygen atoms in total. The topological polar surface area (TPSA) is 51.7 Å². The van der Waals surface area contributed by atoms with Crippen molar-refractivity contribution in [2.75, 3.05) is 46.0 Å². The first kappa shape index (κ1) is 25.9. The van der Waals surface area contributed by atoms with Gasteiger partial charge in [-0.3, -0.25) is 14.2 Å². The minimum absolute atomic E-state index is 0.0185. The molecule has 2 aliphatic heterocycles. The van der Waals surface area contributed by atoms with Crippen molar-refractivity contribution in [3.8, 4) is 5.75 Å². The number of hydrogen-bond donors (Lipinski definition) is 2. The zero-order valence-electron chi connectivity index (χ0n) is 19.9. The molecule has 1 saturated heterocycles. The maximum atomic E-state index is 15.5. The van der Waals surface area contributed by atoms with Crippen molar-refractivity contribution in [3.05, 3.63) is 64.6 Å². The molecular formula is C26H27F6N3O2.